The zero-order chi connectivity index (χ0) is 14.4. The predicted molar refractivity (Wildman–Crippen MR) is 77.2 cm³/mol. The number of hydrogen-bond donors (Lipinski definition) is 3. The number of nitrogen functional groups attached to an aromatic ring is 1. The average molecular weight is 264 g/mol. The average Bonchev–Trinajstić information content (AvgIpc) is 3.06. The summed E-state index contributed by atoms with van der Waals surface area (Å²) in [4.78, 5) is 8.93. The fourth-order valence-electron chi connectivity index (χ4n) is 1.65. The van der Waals surface area contributed by atoms with Gasteiger partial charge in [-0.1, -0.05) is 0 Å². The van der Waals surface area contributed by atoms with Crippen molar-refractivity contribution in [1.82, 2.24) is 9.97 Å². The van der Waals surface area contributed by atoms with Gasteiger partial charge < -0.3 is 16.2 Å². The zero-order valence-electron chi connectivity index (χ0n) is 12.4. The van der Waals surface area contributed by atoms with E-state index in [1.165, 1.54) is 0 Å². The predicted octanol–water partition coefficient (Wildman–Crippen LogP) is 2.21. The number of hydrogen-bond acceptors (Lipinski definition) is 5. The van der Waals surface area contributed by atoms with Gasteiger partial charge >= 0.3 is 0 Å². The molecule has 5 heteroatoms. The molecule has 1 aromatic heterocycles. The number of anilines is 2. The highest BCUT2D eigenvalue weighted by atomic mass is 16.3. The summed E-state index contributed by atoms with van der Waals surface area (Å²) in [5.74, 6) is 2.51. The highest BCUT2D eigenvalue weighted by Gasteiger charge is 2.36. The second-order valence-corrected chi connectivity index (χ2v) is 6.52. The molecule has 5 nitrogen and oxygen atoms in total. The van der Waals surface area contributed by atoms with Gasteiger partial charge in [-0.25, -0.2) is 9.97 Å². The number of aliphatic hydroxyl groups is 1. The van der Waals surface area contributed by atoms with Crippen molar-refractivity contribution in [2.45, 2.75) is 64.5 Å². The second kappa shape index (κ2) is 4.34. The molecule has 1 aliphatic carbocycles. The molecular weight excluding hydrogens is 240 g/mol. The summed E-state index contributed by atoms with van der Waals surface area (Å²) in [7, 11) is 0. The van der Waals surface area contributed by atoms with Gasteiger partial charge in [-0.2, -0.15) is 0 Å². The highest BCUT2D eigenvalue weighted by Crippen LogP contribution is 2.39. The maximum atomic E-state index is 10.2. The van der Waals surface area contributed by atoms with Crippen molar-refractivity contribution in [3.63, 3.8) is 0 Å². The van der Waals surface area contributed by atoms with Crippen molar-refractivity contribution in [3.8, 4) is 0 Å². The lowest BCUT2D eigenvalue weighted by molar-refractivity contribution is 0.0238. The Balaban J connectivity index is 2.34. The van der Waals surface area contributed by atoms with Crippen molar-refractivity contribution in [3.05, 3.63) is 11.4 Å². The number of aromatic nitrogens is 2. The van der Waals surface area contributed by atoms with E-state index in [0.29, 0.717) is 11.7 Å². The van der Waals surface area contributed by atoms with Gasteiger partial charge in [-0.3, -0.25) is 0 Å². The summed E-state index contributed by atoms with van der Waals surface area (Å²) in [5, 5.41) is 13.5. The summed E-state index contributed by atoms with van der Waals surface area (Å²) in [6.07, 6.45) is 2.27. The first kappa shape index (κ1) is 14.1. The Bertz CT molecular complexity index is 487. The molecule has 0 radical (unpaired) electrons. The Morgan fingerprint density at radius 3 is 2.26 bits per heavy atom. The molecule has 106 valence electrons. The molecule has 1 aliphatic rings. The monoisotopic (exact) mass is 264 g/mol. The molecule has 1 saturated carbocycles. The van der Waals surface area contributed by atoms with Crippen LogP contribution in [-0.2, 0) is 0 Å². The number of rotatable bonds is 4. The van der Waals surface area contributed by atoms with Crippen LogP contribution in [0.25, 0.3) is 0 Å². The lowest BCUT2D eigenvalue weighted by Crippen LogP contribution is -2.51. The van der Waals surface area contributed by atoms with Crippen LogP contribution in [0.5, 0.6) is 0 Å². The van der Waals surface area contributed by atoms with E-state index in [4.69, 9.17) is 5.73 Å². The molecule has 4 N–H and O–H groups in total. The Labute approximate surface area is 114 Å². The van der Waals surface area contributed by atoms with Gasteiger partial charge in [0.2, 0.25) is 0 Å². The lowest BCUT2D eigenvalue weighted by Gasteiger charge is -2.38. The van der Waals surface area contributed by atoms with Crippen LogP contribution in [0.2, 0.25) is 0 Å². The molecule has 19 heavy (non-hydrogen) atoms. The van der Waals surface area contributed by atoms with E-state index in [-0.39, 0.29) is 0 Å². The van der Waals surface area contributed by atoms with Crippen LogP contribution < -0.4 is 11.1 Å². The van der Waals surface area contributed by atoms with Gasteiger partial charge in [-0.15, -0.1) is 0 Å². The van der Waals surface area contributed by atoms with Crippen molar-refractivity contribution in [1.29, 1.82) is 0 Å². The summed E-state index contributed by atoms with van der Waals surface area (Å²) in [6, 6.07) is 0. The molecule has 2 rings (SSSR count). The van der Waals surface area contributed by atoms with Gasteiger partial charge in [0.15, 0.2) is 0 Å². The highest BCUT2D eigenvalue weighted by molar-refractivity contribution is 5.56. The molecule has 1 heterocycles. The second-order valence-electron chi connectivity index (χ2n) is 6.52. The van der Waals surface area contributed by atoms with Gasteiger partial charge in [0.25, 0.3) is 0 Å². The Hall–Kier alpha value is -1.36. The lowest BCUT2D eigenvalue weighted by atomic mass is 9.86. The quantitative estimate of drug-likeness (QED) is 0.776. The summed E-state index contributed by atoms with van der Waals surface area (Å²) in [5.41, 5.74) is 5.41. The van der Waals surface area contributed by atoms with E-state index in [1.807, 2.05) is 20.8 Å². The van der Waals surface area contributed by atoms with Crippen molar-refractivity contribution >= 4 is 11.6 Å². The molecule has 0 amide bonds. The fraction of sp³-hybridized carbons (Fsp3) is 0.714. The van der Waals surface area contributed by atoms with Gasteiger partial charge in [0.05, 0.1) is 11.1 Å². The third-order valence-corrected chi connectivity index (χ3v) is 4.10. The number of nitrogens with two attached hydrogens (primary N) is 1. The third-order valence-electron chi connectivity index (χ3n) is 4.10. The summed E-state index contributed by atoms with van der Waals surface area (Å²) >= 11 is 0. The van der Waals surface area contributed by atoms with E-state index >= 15 is 0 Å². The molecule has 1 fully saturated rings. The largest absolute Gasteiger partial charge is 0.388 e. The SMILES string of the molecule is Cc1c(N)nc(C2CC2)nc1NC(C)(C)C(C)(C)O. The van der Waals surface area contributed by atoms with Gasteiger partial charge in [0, 0.05) is 11.5 Å². The normalized spacial score (nSPS) is 16.5. The van der Waals surface area contributed by atoms with E-state index in [0.717, 1.165) is 30.0 Å². The standard InChI is InChI=1S/C14H24N4O/c1-8-10(15)16-12(9-6-7-9)17-11(8)18-13(2,3)14(4,5)19/h9,19H,6-7H2,1-5H3,(H3,15,16,17,18). The third kappa shape index (κ3) is 2.81. The molecule has 0 saturated heterocycles. The van der Waals surface area contributed by atoms with E-state index in [9.17, 15) is 5.11 Å². The maximum Gasteiger partial charge on any atom is 0.136 e. The molecule has 0 bridgehead atoms. The molecule has 1 aromatic rings. The van der Waals surface area contributed by atoms with Crippen LogP contribution in [0.1, 0.15) is 57.8 Å². The van der Waals surface area contributed by atoms with E-state index in [1.54, 1.807) is 13.8 Å². The van der Waals surface area contributed by atoms with Crippen molar-refractivity contribution in [2.75, 3.05) is 11.1 Å². The Morgan fingerprint density at radius 1 is 1.21 bits per heavy atom. The minimum absolute atomic E-state index is 0.452. The smallest absolute Gasteiger partial charge is 0.136 e. The first-order valence-corrected chi connectivity index (χ1v) is 6.76. The fourth-order valence-corrected chi connectivity index (χ4v) is 1.65. The van der Waals surface area contributed by atoms with Crippen LogP contribution in [0.15, 0.2) is 0 Å². The molecular formula is C14H24N4O. The molecule has 0 aliphatic heterocycles. The van der Waals surface area contributed by atoms with Gasteiger partial charge in [-0.05, 0) is 47.5 Å². The molecule has 0 spiro atoms. The van der Waals surface area contributed by atoms with Crippen LogP contribution in [0, 0.1) is 6.92 Å². The molecule has 0 atom stereocenters. The first-order chi connectivity index (χ1) is 8.62. The summed E-state index contributed by atoms with van der Waals surface area (Å²) < 4.78 is 0. The maximum absolute atomic E-state index is 10.2. The Morgan fingerprint density at radius 2 is 1.79 bits per heavy atom. The van der Waals surface area contributed by atoms with Crippen LogP contribution in [-0.4, -0.2) is 26.2 Å². The summed E-state index contributed by atoms with van der Waals surface area (Å²) in [6.45, 7) is 9.35. The minimum Gasteiger partial charge on any atom is -0.388 e. The molecule has 0 unspecified atom stereocenters. The van der Waals surface area contributed by atoms with E-state index < -0.39 is 11.1 Å². The number of nitrogens with one attached hydrogen (secondary N) is 1. The van der Waals surface area contributed by atoms with Gasteiger partial charge in [0.1, 0.15) is 17.5 Å². The topological polar surface area (TPSA) is 84.1 Å². The van der Waals surface area contributed by atoms with Crippen LogP contribution in [0.4, 0.5) is 11.6 Å². The van der Waals surface area contributed by atoms with Crippen LogP contribution >= 0.6 is 0 Å². The van der Waals surface area contributed by atoms with Crippen molar-refractivity contribution in [2.24, 2.45) is 0 Å². The zero-order valence-corrected chi connectivity index (χ0v) is 12.4. The number of nitrogens with zero attached hydrogens (tertiary/aromatic N) is 2. The molecule has 0 aromatic carbocycles. The Kier molecular flexibility index (Phi) is 3.21. The van der Waals surface area contributed by atoms with Crippen LogP contribution in [0.3, 0.4) is 0 Å². The van der Waals surface area contributed by atoms with Crippen molar-refractivity contribution < 1.29 is 5.11 Å². The minimum atomic E-state index is -0.876. The first-order valence-electron chi connectivity index (χ1n) is 6.76. The van der Waals surface area contributed by atoms with E-state index in [2.05, 4.69) is 15.3 Å².